The number of esters is 1. The number of ether oxygens (including phenoxy) is 3. The lowest BCUT2D eigenvalue weighted by molar-refractivity contribution is -0.165. The third-order valence-electron chi connectivity index (χ3n) is 4.38. The predicted molar refractivity (Wildman–Crippen MR) is 116 cm³/mol. The SMILES string of the molecule is [2H]C[C@H]1O[C@@H]([B])C(OCOC(=O)CCC(C)=O)[C@H]1OP(OCCC#N)N(C(C)C)C(C)C. The molecule has 0 spiro atoms. The van der Waals surface area contributed by atoms with Gasteiger partial charge in [-0.25, -0.2) is 4.67 Å². The van der Waals surface area contributed by atoms with Gasteiger partial charge in [0.05, 0.1) is 31.6 Å². The van der Waals surface area contributed by atoms with E-state index >= 15 is 0 Å². The van der Waals surface area contributed by atoms with Crippen LogP contribution >= 0.6 is 8.53 Å². The van der Waals surface area contributed by atoms with Crippen LogP contribution in [0.15, 0.2) is 0 Å². The molecule has 1 rings (SSSR count). The molecule has 0 aromatic heterocycles. The minimum atomic E-state index is -1.61. The Labute approximate surface area is 189 Å². The van der Waals surface area contributed by atoms with Crippen LogP contribution in [-0.2, 0) is 32.8 Å². The monoisotopic (exact) mass is 457 g/mol. The molecular formula is C20H34BN2O7P. The van der Waals surface area contributed by atoms with Gasteiger partial charge in [-0.15, -0.1) is 0 Å². The Balaban J connectivity index is 2.88. The molecule has 9 nitrogen and oxygen atoms in total. The first-order chi connectivity index (χ1) is 15.1. The van der Waals surface area contributed by atoms with Crippen molar-refractivity contribution in [1.29, 1.82) is 5.26 Å². The Morgan fingerprint density at radius 1 is 1.26 bits per heavy atom. The van der Waals surface area contributed by atoms with E-state index in [9.17, 15) is 9.59 Å². The van der Waals surface area contributed by atoms with Gasteiger partial charge in [-0.1, -0.05) is 0 Å². The third kappa shape index (κ3) is 9.52. The second-order valence-electron chi connectivity index (χ2n) is 7.72. The van der Waals surface area contributed by atoms with Gasteiger partial charge >= 0.3 is 5.97 Å². The molecule has 1 aliphatic rings. The summed E-state index contributed by atoms with van der Waals surface area (Å²) in [5.41, 5.74) is 0. The smallest absolute Gasteiger partial charge is 0.308 e. The van der Waals surface area contributed by atoms with Gasteiger partial charge in [-0.3, -0.25) is 4.79 Å². The summed E-state index contributed by atoms with van der Waals surface area (Å²) in [5.74, 6) is -0.666. The van der Waals surface area contributed by atoms with E-state index in [-0.39, 0.29) is 57.4 Å². The molecule has 2 radical (unpaired) electrons. The van der Waals surface area contributed by atoms with Crippen molar-refractivity contribution in [2.24, 2.45) is 0 Å². The molecule has 0 aromatic carbocycles. The maximum Gasteiger partial charge on any atom is 0.308 e. The number of carbonyl (C=O) groups excluding carboxylic acids is 2. The molecule has 1 heterocycles. The highest BCUT2D eigenvalue weighted by Gasteiger charge is 2.44. The Morgan fingerprint density at radius 2 is 1.94 bits per heavy atom. The van der Waals surface area contributed by atoms with Crippen molar-refractivity contribution in [3.8, 4) is 6.07 Å². The van der Waals surface area contributed by atoms with Crippen LogP contribution in [0.3, 0.4) is 0 Å². The van der Waals surface area contributed by atoms with E-state index in [2.05, 4.69) is 4.67 Å². The zero-order chi connectivity index (χ0) is 24.3. The van der Waals surface area contributed by atoms with E-state index < -0.39 is 38.8 Å². The lowest BCUT2D eigenvalue weighted by atomic mass is 9.93. The molecule has 11 heteroatoms. The Morgan fingerprint density at radius 3 is 2.48 bits per heavy atom. The number of nitriles is 1. The molecule has 2 unspecified atom stereocenters. The summed E-state index contributed by atoms with van der Waals surface area (Å²) < 4.78 is 38.4. The average molecular weight is 457 g/mol. The summed E-state index contributed by atoms with van der Waals surface area (Å²) in [6, 6.07) is 1.35. The summed E-state index contributed by atoms with van der Waals surface area (Å²) in [5, 5.41) is 8.87. The summed E-state index contributed by atoms with van der Waals surface area (Å²) in [6.07, 6.45) is -1.90. The first-order valence-corrected chi connectivity index (χ1v) is 11.5. The largest absolute Gasteiger partial charge is 0.438 e. The molecule has 0 bridgehead atoms. The van der Waals surface area contributed by atoms with Gasteiger partial charge in [0.1, 0.15) is 25.8 Å². The predicted octanol–water partition coefficient (Wildman–Crippen LogP) is 2.82. The maximum atomic E-state index is 11.7. The van der Waals surface area contributed by atoms with Crippen LogP contribution in [-0.4, -0.2) is 74.1 Å². The number of carbonyl (C=O) groups is 2. The number of hydrogen-bond donors (Lipinski definition) is 0. The van der Waals surface area contributed by atoms with Crippen LogP contribution in [0.25, 0.3) is 0 Å². The highest BCUT2D eigenvalue weighted by atomic mass is 31.2. The topological polar surface area (TPSA) is 107 Å². The highest BCUT2D eigenvalue weighted by molar-refractivity contribution is 7.44. The van der Waals surface area contributed by atoms with Gasteiger partial charge < -0.3 is 28.1 Å². The molecule has 5 atom stereocenters. The number of hydrogen-bond acceptors (Lipinski definition) is 9. The fourth-order valence-electron chi connectivity index (χ4n) is 3.00. The molecule has 1 fully saturated rings. The quantitative estimate of drug-likeness (QED) is 0.128. The minimum Gasteiger partial charge on any atom is -0.438 e. The summed E-state index contributed by atoms with van der Waals surface area (Å²) >= 11 is 0. The fourth-order valence-corrected chi connectivity index (χ4v) is 4.77. The molecule has 1 aliphatic heterocycles. The van der Waals surface area contributed by atoms with Gasteiger partial charge in [0, 0.05) is 25.9 Å². The minimum absolute atomic E-state index is 0.0308. The van der Waals surface area contributed by atoms with Crippen molar-refractivity contribution in [3.05, 3.63) is 0 Å². The van der Waals surface area contributed by atoms with Crippen LogP contribution in [0.4, 0.5) is 0 Å². The van der Waals surface area contributed by atoms with Gasteiger partial charge in [0.25, 0.3) is 8.53 Å². The van der Waals surface area contributed by atoms with Crippen LogP contribution in [0.5, 0.6) is 0 Å². The fraction of sp³-hybridized carbons (Fsp3) is 0.850. The maximum absolute atomic E-state index is 11.7. The van der Waals surface area contributed by atoms with Crippen molar-refractivity contribution in [3.63, 3.8) is 0 Å². The summed E-state index contributed by atoms with van der Waals surface area (Å²) in [4.78, 5) is 22.7. The van der Waals surface area contributed by atoms with Crippen molar-refractivity contribution in [2.75, 3.05) is 13.4 Å². The number of Topliss-reactive ketones (excluding diaryl/α,β-unsaturated/α-hetero) is 1. The van der Waals surface area contributed by atoms with Gasteiger partial charge in [-0.05, 0) is 41.5 Å². The number of rotatable bonds is 14. The van der Waals surface area contributed by atoms with E-state index in [4.69, 9.17) is 37.7 Å². The van der Waals surface area contributed by atoms with Crippen molar-refractivity contribution >= 4 is 28.1 Å². The van der Waals surface area contributed by atoms with E-state index in [1.165, 1.54) is 6.92 Å². The Kier molecular flexibility index (Phi) is 11.9. The molecule has 0 amide bonds. The third-order valence-corrected chi connectivity index (χ3v) is 6.51. The molecule has 0 saturated carbocycles. The van der Waals surface area contributed by atoms with Gasteiger partial charge in [0.2, 0.25) is 0 Å². The number of ketones is 1. The van der Waals surface area contributed by atoms with Crippen LogP contribution in [0, 0.1) is 11.3 Å². The standard InChI is InChI=1S/C20H34BN2O7P/c1-13(2)23(14(3)4)31(28-11-7-10-22)30-18-16(6)29-20(21)19(18)27-12-26-17(25)9-8-15(5)24/h13-14,16,18-20H,7-9,11-12H2,1-6H3/t16-,18+,19?,20-,31?/m1/s1/i6D. The Hall–Kier alpha value is -1.08. The molecule has 0 N–H and O–H groups in total. The van der Waals surface area contributed by atoms with Crippen LogP contribution in [0.1, 0.15) is 62.2 Å². The zero-order valence-corrected chi connectivity index (χ0v) is 19.9. The lowest BCUT2D eigenvalue weighted by Crippen LogP contribution is -2.40. The van der Waals surface area contributed by atoms with E-state index in [0.29, 0.717) is 0 Å². The molecule has 31 heavy (non-hydrogen) atoms. The van der Waals surface area contributed by atoms with E-state index in [0.717, 1.165) is 0 Å². The zero-order valence-electron chi connectivity index (χ0n) is 20.0. The highest BCUT2D eigenvalue weighted by Crippen LogP contribution is 2.49. The second-order valence-corrected chi connectivity index (χ2v) is 9.13. The van der Waals surface area contributed by atoms with Crippen molar-refractivity contribution < 1.29 is 34.2 Å². The van der Waals surface area contributed by atoms with E-state index in [1.54, 1.807) is 0 Å². The molecule has 1 saturated heterocycles. The van der Waals surface area contributed by atoms with Crippen LogP contribution < -0.4 is 0 Å². The first-order valence-electron chi connectivity index (χ1n) is 11.0. The molecule has 0 aromatic rings. The average Bonchev–Trinajstić information content (AvgIpc) is 3.00. The summed E-state index contributed by atoms with van der Waals surface area (Å²) in [7, 11) is 4.45. The van der Waals surface area contributed by atoms with Gasteiger partial charge in [-0.2, -0.15) is 5.26 Å². The first kappa shape index (κ1) is 26.2. The number of nitrogens with zero attached hydrogens (tertiary/aromatic N) is 2. The molecule has 0 aliphatic carbocycles. The summed E-state index contributed by atoms with van der Waals surface area (Å²) in [6.45, 7) is 9.16. The molecular weight excluding hydrogens is 422 g/mol. The van der Waals surface area contributed by atoms with Crippen molar-refractivity contribution in [2.45, 2.75) is 97.2 Å². The Bertz CT molecular complexity index is 630. The van der Waals surface area contributed by atoms with Crippen molar-refractivity contribution in [1.82, 2.24) is 4.67 Å². The lowest BCUT2D eigenvalue weighted by Gasteiger charge is -2.38. The second kappa shape index (κ2) is 14.2. The van der Waals surface area contributed by atoms with Gasteiger partial charge in [0.15, 0.2) is 6.79 Å². The normalized spacial score (nSPS) is 24.9. The molecule has 174 valence electrons. The van der Waals surface area contributed by atoms with Crippen LogP contribution in [0.2, 0.25) is 0 Å². The van der Waals surface area contributed by atoms with E-state index in [1.807, 2.05) is 33.8 Å².